The van der Waals surface area contributed by atoms with Crippen LogP contribution >= 0.6 is 28.1 Å². The fourth-order valence-electron chi connectivity index (χ4n) is 1.67. The van der Waals surface area contributed by atoms with Gasteiger partial charge in [-0.15, -0.1) is 0 Å². The molecule has 1 aromatic rings. The van der Waals surface area contributed by atoms with Crippen LogP contribution in [0.15, 0.2) is 4.47 Å². The SMILES string of the molecule is CCCC(OC)c1nc(=S)c(Br)c(C(C)C)[nH]1. The van der Waals surface area contributed by atoms with Gasteiger partial charge >= 0.3 is 0 Å². The summed E-state index contributed by atoms with van der Waals surface area (Å²) in [5.41, 5.74) is 1.08. The van der Waals surface area contributed by atoms with Crippen molar-refractivity contribution >= 4 is 28.1 Å². The summed E-state index contributed by atoms with van der Waals surface area (Å²) in [6.45, 7) is 6.37. The van der Waals surface area contributed by atoms with Gasteiger partial charge in [0.05, 0.1) is 4.47 Å². The molecule has 0 fully saturated rings. The monoisotopic (exact) mass is 318 g/mol. The van der Waals surface area contributed by atoms with Gasteiger partial charge in [0.15, 0.2) is 0 Å². The van der Waals surface area contributed by atoms with E-state index in [0.717, 1.165) is 28.8 Å². The number of ether oxygens (including phenoxy) is 1. The van der Waals surface area contributed by atoms with Gasteiger partial charge in [0.2, 0.25) is 0 Å². The van der Waals surface area contributed by atoms with Crippen LogP contribution < -0.4 is 0 Å². The Labute approximate surface area is 116 Å². The predicted molar refractivity (Wildman–Crippen MR) is 75.9 cm³/mol. The zero-order valence-corrected chi connectivity index (χ0v) is 13.1. The number of H-pyrrole nitrogens is 1. The highest BCUT2D eigenvalue weighted by molar-refractivity contribution is 9.10. The van der Waals surface area contributed by atoms with Crippen molar-refractivity contribution in [3.8, 4) is 0 Å². The van der Waals surface area contributed by atoms with Crippen molar-refractivity contribution < 1.29 is 4.74 Å². The molecule has 0 spiro atoms. The Bertz CT molecular complexity index is 431. The molecule has 0 bridgehead atoms. The third-order valence-corrected chi connectivity index (χ3v) is 3.99. The van der Waals surface area contributed by atoms with Crippen LogP contribution in [-0.2, 0) is 4.74 Å². The Morgan fingerprint density at radius 3 is 2.59 bits per heavy atom. The maximum absolute atomic E-state index is 5.45. The summed E-state index contributed by atoms with van der Waals surface area (Å²) in [5.74, 6) is 1.19. The molecule has 0 saturated carbocycles. The van der Waals surface area contributed by atoms with E-state index in [1.54, 1.807) is 7.11 Å². The van der Waals surface area contributed by atoms with E-state index in [0.29, 0.717) is 10.6 Å². The minimum Gasteiger partial charge on any atom is -0.374 e. The molecule has 3 nitrogen and oxygen atoms in total. The van der Waals surface area contributed by atoms with Crippen LogP contribution in [0.5, 0.6) is 0 Å². The Morgan fingerprint density at radius 1 is 1.47 bits per heavy atom. The molecular weight excluding hydrogens is 300 g/mol. The van der Waals surface area contributed by atoms with Crippen LogP contribution in [0.1, 0.15) is 57.2 Å². The molecule has 1 atom stereocenters. The van der Waals surface area contributed by atoms with Gasteiger partial charge in [0.25, 0.3) is 0 Å². The van der Waals surface area contributed by atoms with Gasteiger partial charge in [-0.2, -0.15) is 0 Å². The van der Waals surface area contributed by atoms with Gasteiger partial charge in [-0.1, -0.05) is 39.4 Å². The fraction of sp³-hybridized carbons (Fsp3) is 0.667. The van der Waals surface area contributed by atoms with Gasteiger partial charge in [-0.3, -0.25) is 0 Å². The molecule has 0 saturated heterocycles. The highest BCUT2D eigenvalue weighted by Gasteiger charge is 2.16. The van der Waals surface area contributed by atoms with Crippen molar-refractivity contribution in [2.24, 2.45) is 0 Å². The lowest BCUT2D eigenvalue weighted by Crippen LogP contribution is -2.10. The van der Waals surface area contributed by atoms with Crippen molar-refractivity contribution in [1.29, 1.82) is 0 Å². The molecule has 1 rings (SSSR count). The first kappa shape index (κ1) is 14.8. The Kier molecular flexibility index (Phi) is 5.76. The number of aromatic amines is 1. The van der Waals surface area contributed by atoms with Crippen LogP contribution in [0.3, 0.4) is 0 Å². The normalized spacial score (nSPS) is 13.1. The van der Waals surface area contributed by atoms with Crippen LogP contribution in [0.25, 0.3) is 0 Å². The van der Waals surface area contributed by atoms with Crippen molar-refractivity contribution in [2.45, 2.75) is 45.6 Å². The fourth-order valence-corrected chi connectivity index (χ4v) is 2.53. The molecule has 0 aliphatic carbocycles. The summed E-state index contributed by atoms with van der Waals surface area (Å²) < 4.78 is 6.94. The number of halogens is 1. The van der Waals surface area contributed by atoms with Gasteiger partial charge in [-0.05, 0) is 28.3 Å². The molecule has 17 heavy (non-hydrogen) atoms. The number of methoxy groups -OCH3 is 1. The third-order valence-electron chi connectivity index (χ3n) is 2.63. The molecule has 5 heteroatoms. The molecule has 96 valence electrons. The van der Waals surface area contributed by atoms with E-state index < -0.39 is 0 Å². The Morgan fingerprint density at radius 2 is 2.12 bits per heavy atom. The number of nitrogens with zero attached hydrogens (tertiary/aromatic N) is 1. The second-order valence-corrected chi connectivity index (χ2v) is 5.50. The lowest BCUT2D eigenvalue weighted by atomic mass is 10.1. The summed E-state index contributed by atoms with van der Waals surface area (Å²) in [5, 5.41) is 0. The lowest BCUT2D eigenvalue weighted by molar-refractivity contribution is 0.0872. The van der Waals surface area contributed by atoms with Crippen molar-refractivity contribution in [2.75, 3.05) is 7.11 Å². The smallest absolute Gasteiger partial charge is 0.144 e. The summed E-state index contributed by atoms with van der Waals surface area (Å²) in [6, 6.07) is 0. The molecule has 1 aromatic heterocycles. The van der Waals surface area contributed by atoms with Gasteiger partial charge < -0.3 is 9.72 Å². The van der Waals surface area contributed by atoms with Crippen LogP contribution in [0, 0.1) is 4.64 Å². The van der Waals surface area contributed by atoms with Crippen molar-refractivity contribution in [3.63, 3.8) is 0 Å². The number of aromatic nitrogens is 2. The lowest BCUT2D eigenvalue weighted by Gasteiger charge is -2.17. The predicted octanol–water partition coefficient (Wildman–Crippen LogP) is 4.51. The first-order valence-electron chi connectivity index (χ1n) is 5.83. The van der Waals surface area contributed by atoms with E-state index in [4.69, 9.17) is 17.0 Å². The summed E-state index contributed by atoms with van der Waals surface area (Å²) in [6.07, 6.45) is 1.98. The Hall–Kier alpha value is -0.260. The summed E-state index contributed by atoms with van der Waals surface area (Å²) >= 11 is 8.75. The third kappa shape index (κ3) is 3.60. The minimum absolute atomic E-state index is 0.00713. The highest BCUT2D eigenvalue weighted by Crippen LogP contribution is 2.26. The largest absolute Gasteiger partial charge is 0.374 e. The second-order valence-electron chi connectivity index (χ2n) is 4.32. The molecular formula is C12H19BrN2OS. The molecule has 0 aliphatic heterocycles. The zero-order valence-electron chi connectivity index (χ0n) is 10.7. The summed E-state index contributed by atoms with van der Waals surface area (Å²) in [7, 11) is 1.70. The summed E-state index contributed by atoms with van der Waals surface area (Å²) in [4.78, 5) is 7.73. The topological polar surface area (TPSA) is 37.9 Å². The van der Waals surface area contributed by atoms with E-state index in [1.165, 1.54) is 0 Å². The zero-order chi connectivity index (χ0) is 13.0. The molecule has 1 heterocycles. The highest BCUT2D eigenvalue weighted by atomic mass is 79.9. The Balaban J connectivity index is 3.22. The molecule has 1 unspecified atom stereocenters. The van der Waals surface area contributed by atoms with Gasteiger partial charge in [0.1, 0.15) is 16.6 Å². The van der Waals surface area contributed by atoms with Gasteiger partial charge in [-0.25, -0.2) is 4.98 Å². The number of nitrogens with one attached hydrogen (secondary N) is 1. The average molecular weight is 319 g/mol. The van der Waals surface area contributed by atoms with E-state index in [9.17, 15) is 0 Å². The maximum Gasteiger partial charge on any atom is 0.144 e. The standard InChI is InChI=1S/C12H19BrN2OS/c1-5-6-8(16-4)11-14-10(7(2)3)9(13)12(17)15-11/h7-8H,5-6H2,1-4H3,(H,14,15,17). The first-order valence-corrected chi connectivity index (χ1v) is 7.03. The average Bonchev–Trinajstić information content (AvgIpc) is 2.29. The molecule has 0 radical (unpaired) electrons. The number of rotatable bonds is 5. The van der Waals surface area contributed by atoms with Crippen molar-refractivity contribution in [3.05, 3.63) is 20.6 Å². The number of hydrogen-bond donors (Lipinski definition) is 1. The maximum atomic E-state index is 5.45. The van der Waals surface area contributed by atoms with Crippen LogP contribution in [0.4, 0.5) is 0 Å². The van der Waals surface area contributed by atoms with Crippen LogP contribution in [-0.4, -0.2) is 17.1 Å². The molecule has 1 N–H and O–H groups in total. The van der Waals surface area contributed by atoms with E-state index in [1.807, 2.05) is 0 Å². The second kappa shape index (κ2) is 6.61. The van der Waals surface area contributed by atoms with Gasteiger partial charge in [0, 0.05) is 12.8 Å². The molecule has 0 aliphatic rings. The van der Waals surface area contributed by atoms with E-state index >= 15 is 0 Å². The van der Waals surface area contributed by atoms with E-state index in [-0.39, 0.29) is 6.10 Å². The van der Waals surface area contributed by atoms with Crippen LogP contribution in [0.2, 0.25) is 0 Å². The molecule has 0 amide bonds. The molecule has 0 aromatic carbocycles. The van der Waals surface area contributed by atoms with E-state index in [2.05, 4.69) is 46.7 Å². The first-order chi connectivity index (χ1) is 8.01. The quantitative estimate of drug-likeness (QED) is 0.811. The number of hydrogen-bond acceptors (Lipinski definition) is 3. The minimum atomic E-state index is -0.00713. The van der Waals surface area contributed by atoms with Crippen molar-refractivity contribution in [1.82, 2.24) is 9.97 Å².